The lowest BCUT2D eigenvalue weighted by Gasteiger charge is -2.24. The topological polar surface area (TPSA) is 63.2 Å². The quantitative estimate of drug-likeness (QED) is 0.886. The fourth-order valence-electron chi connectivity index (χ4n) is 3.04. The second kappa shape index (κ2) is 7.20. The first kappa shape index (κ1) is 17.6. The normalized spacial score (nSPS) is 21.1. The predicted octanol–water partition coefficient (Wildman–Crippen LogP) is 3.80. The van der Waals surface area contributed by atoms with Gasteiger partial charge in [0.15, 0.2) is 0 Å². The van der Waals surface area contributed by atoms with E-state index in [4.69, 9.17) is 4.74 Å². The molecule has 2 rings (SSSR count). The number of carbonyl (C=O) groups is 1. The van der Waals surface area contributed by atoms with Gasteiger partial charge in [0.25, 0.3) is 0 Å². The van der Waals surface area contributed by atoms with Crippen molar-refractivity contribution in [3.63, 3.8) is 0 Å². The number of nitrogens with zero attached hydrogens (tertiary/aromatic N) is 1. The Morgan fingerprint density at radius 2 is 2.04 bits per heavy atom. The Balaban J connectivity index is 1.89. The van der Waals surface area contributed by atoms with Crippen LogP contribution in [-0.2, 0) is 4.74 Å². The van der Waals surface area contributed by atoms with Crippen LogP contribution < -0.4 is 10.6 Å². The highest BCUT2D eigenvalue weighted by molar-refractivity contribution is 5.67. The number of alkyl carbamates (subject to hydrolysis) is 1. The standard InChI is InChI=1S/C18H29N3O2/c1-12-9-10-15(13(2)20-12)21-16-8-6-7-14(16)11-19-17(22)23-18(3,4)5/h9-10,14,16,21H,6-8,11H2,1-5H3,(H,19,22). The average molecular weight is 319 g/mol. The van der Waals surface area contributed by atoms with Gasteiger partial charge in [-0.1, -0.05) is 6.42 Å². The summed E-state index contributed by atoms with van der Waals surface area (Å²) in [6, 6.07) is 4.49. The SMILES string of the molecule is Cc1ccc(NC2CCCC2CNC(=O)OC(C)(C)C)c(C)n1. The van der Waals surface area contributed by atoms with Crippen LogP contribution >= 0.6 is 0 Å². The van der Waals surface area contributed by atoms with E-state index in [1.54, 1.807) is 0 Å². The fourth-order valence-corrected chi connectivity index (χ4v) is 3.04. The maximum absolute atomic E-state index is 11.8. The van der Waals surface area contributed by atoms with Crippen LogP contribution in [0.4, 0.5) is 10.5 Å². The van der Waals surface area contributed by atoms with Crippen molar-refractivity contribution < 1.29 is 9.53 Å². The van der Waals surface area contributed by atoms with Crippen LogP contribution in [0.15, 0.2) is 12.1 Å². The van der Waals surface area contributed by atoms with Crippen molar-refractivity contribution in [3.8, 4) is 0 Å². The number of aryl methyl sites for hydroxylation is 2. The number of aromatic nitrogens is 1. The number of hydrogen-bond donors (Lipinski definition) is 2. The van der Waals surface area contributed by atoms with E-state index < -0.39 is 5.60 Å². The highest BCUT2D eigenvalue weighted by Crippen LogP contribution is 2.29. The second-order valence-corrected chi connectivity index (χ2v) is 7.41. The number of hydrogen-bond acceptors (Lipinski definition) is 4. The number of amides is 1. The van der Waals surface area contributed by atoms with Gasteiger partial charge in [0.2, 0.25) is 0 Å². The highest BCUT2D eigenvalue weighted by atomic mass is 16.6. The zero-order valence-corrected chi connectivity index (χ0v) is 14.9. The third kappa shape index (κ3) is 5.41. The number of nitrogens with one attached hydrogen (secondary N) is 2. The average Bonchev–Trinajstić information content (AvgIpc) is 2.85. The lowest BCUT2D eigenvalue weighted by molar-refractivity contribution is 0.0519. The minimum absolute atomic E-state index is 0.337. The van der Waals surface area contributed by atoms with Crippen molar-refractivity contribution in [3.05, 3.63) is 23.5 Å². The largest absolute Gasteiger partial charge is 0.444 e. The van der Waals surface area contributed by atoms with Crippen LogP contribution in [-0.4, -0.2) is 29.3 Å². The molecule has 0 radical (unpaired) electrons. The highest BCUT2D eigenvalue weighted by Gasteiger charge is 2.28. The minimum atomic E-state index is -0.456. The zero-order valence-electron chi connectivity index (χ0n) is 14.9. The van der Waals surface area contributed by atoms with Crippen LogP contribution in [0.1, 0.15) is 51.4 Å². The van der Waals surface area contributed by atoms with E-state index in [1.807, 2.05) is 40.7 Å². The van der Waals surface area contributed by atoms with Gasteiger partial charge in [0.1, 0.15) is 5.60 Å². The molecule has 5 heteroatoms. The summed E-state index contributed by atoms with van der Waals surface area (Å²) >= 11 is 0. The molecular weight excluding hydrogens is 290 g/mol. The number of carbonyl (C=O) groups excluding carboxylic acids is 1. The van der Waals surface area contributed by atoms with Crippen LogP contribution in [0, 0.1) is 19.8 Å². The fraction of sp³-hybridized carbons (Fsp3) is 0.667. The first-order chi connectivity index (χ1) is 10.7. The molecule has 0 aromatic carbocycles. The molecule has 0 aliphatic heterocycles. The summed E-state index contributed by atoms with van der Waals surface area (Å²) in [5, 5.41) is 6.51. The summed E-state index contributed by atoms with van der Waals surface area (Å²) < 4.78 is 5.30. The molecule has 0 saturated heterocycles. The molecule has 1 amide bonds. The van der Waals surface area contributed by atoms with Gasteiger partial charge in [0, 0.05) is 18.3 Å². The molecule has 1 aliphatic rings. The monoisotopic (exact) mass is 319 g/mol. The summed E-state index contributed by atoms with van der Waals surface area (Å²) in [7, 11) is 0. The van der Waals surface area contributed by atoms with Crippen molar-refractivity contribution >= 4 is 11.8 Å². The van der Waals surface area contributed by atoms with Crippen molar-refractivity contribution in [2.24, 2.45) is 5.92 Å². The molecule has 1 aromatic heterocycles. The summed E-state index contributed by atoms with van der Waals surface area (Å²) in [4.78, 5) is 16.3. The Hall–Kier alpha value is -1.78. The molecule has 0 bridgehead atoms. The van der Waals surface area contributed by atoms with Crippen molar-refractivity contribution in [2.45, 2.75) is 65.5 Å². The maximum Gasteiger partial charge on any atom is 0.407 e. The molecule has 23 heavy (non-hydrogen) atoms. The van der Waals surface area contributed by atoms with E-state index in [-0.39, 0.29) is 6.09 Å². The van der Waals surface area contributed by atoms with Gasteiger partial charge in [-0.05, 0) is 65.5 Å². The molecule has 1 aliphatic carbocycles. The van der Waals surface area contributed by atoms with Gasteiger partial charge >= 0.3 is 6.09 Å². The Morgan fingerprint density at radius 1 is 1.30 bits per heavy atom. The van der Waals surface area contributed by atoms with Crippen LogP contribution in [0.25, 0.3) is 0 Å². The summed E-state index contributed by atoms with van der Waals surface area (Å²) in [5.74, 6) is 0.420. The van der Waals surface area contributed by atoms with E-state index in [0.29, 0.717) is 18.5 Å². The van der Waals surface area contributed by atoms with E-state index >= 15 is 0 Å². The van der Waals surface area contributed by atoms with Crippen LogP contribution in [0.3, 0.4) is 0 Å². The van der Waals surface area contributed by atoms with Crippen molar-refractivity contribution in [1.29, 1.82) is 0 Å². The molecule has 1 fully saturated rings. The zero-order chi connectivity index (χ0) is 17.0. The first-order valence-corrected chi connectivity index (χ1v) is 8.42. The molecule has 128 valence electrons. The minimum Gasteiger partial charge on any atom is -0.444 e. The molecule has 0 spiro atoms. The van der Waals surface area contributed by atoms with E-state index in [2.05, 4.69) is 21.7 Å². The van der Waals surface area contributed by atoms with E-state index in [0.717, 1.165) is 29.9 Å². The van der Waals surface area contributed by atoms with Crippen LogP contribution in [0.5, 0.6) is 0 Å². The van der Waals surface area contributed by atoms with E-state index in [9.17, 15) is 4.79 Å². The van der Waals surface area contributed by atoms with Gasteiger partial charge in [-0.15, -0.1) is 0 Å². The maximum atomic E-state index is 11.8. The van der Waals surface area contributed by atoms with Crippen LogP contribution in [0.2, 0.25) is 0 Å². The molecule has 1 saturated carbocycles. The van der Waals surface area contributed by atoms with Gasteiger partial charge in [-0.2, -0.15) is 0 Å². The Labute approximate surface area is 139 Å². The molecule has 2 N–H and O–H groups in total. The Bertz CT molecular complexity index is 552. The molecule has 5 nitrogen and oxygen atoms in total. The second-order valence-electron chi connectivity index (χ2n) is 7.41. The Kier molecular flexibility index (Phi) is 5.50. The van der Waals surface area contributed by atoms with Gasteiger partial charge < -0.3 is 15.4 Å². The molecule has 1 heterocycles. The molecular formula is C18H29N3O2. The van der Waals surface area contributed by atoms with Crippen molar-refractivity contribution in [1.82, 2.24) is 10.3 Å². The number of rotatable bonds is 4. The number of ether oxygens (including phenoxy) is 1. The summed E-state index contributed by atoms with van der Waals surface area (Å²) in [6.45, 7) is 10.3. The van der Waals surface area contributed by atoms with E-state index in [1.165, 1.54) is 6.42 Å². The van der Waals surface area contributed by atoms with Gasteiger partial charge in [0.05, 0.1) is 11.4 Å². The third-order valence-corrected chi connectivity index (χ3v) is 4.13. The lowest BCUT2D eigenvalue weighted by Crippen LogP contribution is -2.38. The van der Waals surface area contributed by atoms with Gasteiger partial charge in [-0.3, -0.25) is 4.98 Å². The van der Waals surface area contributed by atoms with Crippen molar-refractivity contribution in [2.75, 3.05) is 11.9 Å². The molecule has 1 aromatic rings. The molecule has 2 atom stereocenters. The Morgan fingerprint density at radius 3 is 2.70 bits per heavy atom. The number of pyridine rings is 1. The first-order valence-electron chi connectivity index (χ1n) is 8.42. The van der Waals surface area contributed by atoms with Gasteiger partial charge in [-0.25, -0.2) is 4.79 Å². The summed E-state index contributed by atoms with van der Waals surface area (Å²) in [5.41, 5.74) is 2.69. The summed E-state index contributed by atoms with van der Waals surface area (Å²) in [6.07, 6.45) is 3.08. The lowest BCUT2D eigenvalue weighted by atomic mass is 10.0. The smallest absolute Gasteiger partial charge is 0.407 e. The molecule has 2 unspecified atom stereocenters. The predicted molar refractivity (Wildman–Crippen MR) is 92.7 cm³/mol. The third-order valence-electron chi connectivity index (χ3n) is 4.13. The number of anilines is 1.